The summed E-state index contributed by atoms with van der Waals surface area (Å²) in [6.45, 7) is 11.7. The van der Waals surface area contributed by atoms with E-state index in [0.717, 1.165) is 18.7 Å². The summed E-state index contributed by atoms with van der Waals surface area (Å²) in [7, 11) is 1.00. The Balaban J connectivity index is 0.000000479. The van der Waals surface area contributed by atoms with Crippen LogP contribution in [0.2, 0.25) is 0 Å². The van der Waals surface area contributed by atoms with E-state index in [0.29, 0.717) is 18.6 Å². The van der Waals surface area contributed by atoms with Gasteiger partial charge in [-0.05, 0) is 65.7 Å². The minimum absolute atomic E-state index is 0.0402. The molecule has 0 spiro atoms. The Morgan fingerprint density at radius 1 is 0.979 bits per heavy atom. The van der Waals surface area contributed by atoms with Gasteiger partial charge in [0.1, 0.15) is 29.5 Å². The van der Waals surface area contributed by atoms with Crippen LogP contribution in [0.1, 0.15) is 70.0 Å². The number of carbonyl (C=O) groups is 4. The maximum Gasteiger partial charge on any atom is 0.416 e. The first-order valence-corrected chi connectivity index (χ1v) is 14.8. The second-order valence-corrected chi connectivity index (χ2v) is 12.0. The number of Topliss-reactive ketones (excluding diaryl/α,β-unsaturated/α-hetero) is 1. The molecular weight excluding hydrogens is 633 g/mol. The van der Waals surface area contributed by atoms with Gasteiger partial charge in [-0.3, -0.25) is 9.59 Å². The number of amides is 2. The molecule has 0 saturated carbocycles. The van der Waals surface area contributed by atoms with Crippen molar-refractivity contribution in [1.29, 1.82) is 0 Å². The summed E-state index contributed by atoms with van der Waals surface area (Å²) in [6.07, 6.45) is -1.84. The van der Waals surface area contributed by atoms with Crippen LogP contribution in [0, 0.1) is 6.92 Å². The van der Waals surface area contributed by atoms with Gasteiger partial charge in [0.15, 0.2) is 5.78 Å². The van der Waals surface area contributed by atoms with Crippen LogP contribution in [0.15, 0.2) is 67.1 Å². The van der Waals surface area contributed by atoms with Crippen molar-refractivity contribution in [1.82, 2.24) is 20.2 Å². The molecule has 2 amide bonds. The summed E-state index contributed by atoms with van der Waals surface area (Å²) in [5.74, 6) is -0.735. The number of alkyl carbamates (subject to hydrolysis) is 1. The highest BCUT2D eigenvalue weighted by atomic mass is 19.4. The second-order valence-electron chi connectivity index (χ2n) is 12.0. The van der Waals surface area contributed by atoms with E-state index < -0.39 is 47.0 Å². The van der Waals surface area contributed by atoms with Gasteiger partial charge < -0.3 is 34.6 Å². The lowest BCUT2D eigenvalue weighted by atomic mass is 10.0. The van der Waals surface area contributed by atoms with Crippen LogP contribution in [0.4, 0.5) is 18.0 Å². The molecule has 0 bridgehead atoms. The third-order valence-electron chi connectivity index (χ3n) is 6.34. The fourth-order valence-corrected chi connectivity index (χ4v) is 3.99. The highest BCUT2D eigenvalue weighted by Gasteiger charge is 2.36. The number of aromatic nitrogens is 2. The first-order chi connectivity index (χ1) is 22.3. The van der Waals surface area contributed by atoms with Crippen LogP contribution < -0.4 is 10.6 Å². The lowest BCUT2D eigenvalue weighted by Gasteiger charge is -2.29. The number of nitrogens with zero attached hydrogens (tertiary/aromatic N) is 2. The van der Waals surface area contributed by atoms with Crippen LogP contribution in [0.25, 0.3) is 0 Å². The lowest BCUT2D eigenvalue weighted by molar-refractivity contribution is -0.138. The summed E-state index contributed by atoms with van der Waals surface area (Å²) in [4.78, 5) is 51.4. The zero-order chi connectivity index (χ0) is 36.7. The first-order valence-electron chi connectivity index (χ1n) is 14.8. The lowest BCUT2D eigenvalue weighted by Crippen LogP contribution is -2.58. The molecule has 2 unspecified atom stereocenters. The quantitative estimate of drug-likeness (QED) is 0.235. The predicted molar refractivity (Wildman–Crippen MR) is 173 cm³/mol. The Kier molecular flexibility index (Phi) is 16.1. The van der Waals surface area contributed by atoms with Crippen LogP contribution in [-0.2, 0) is 36.6 Å². The van der Waals surface area contributed by atoms with Gasteiger partial charge in [-0.2, -0.15) is 13.2 Å². The van der Waals surface area contributed by atoms with Crippen molar-refractivity contribution in [2.45, 2.75) is 84.5 Å². The highest BCUT2D eigenvalue weighted by Crippen LogP contribution is 2.35. The van der Waals surface area contributed by atoms with Crippen molar-refractivity contribution in [2.75, 3.05) is 13.7 Å². The molecule has 1 aromatic heterocycles. The van der Waals surface area contributed by atoms with Crippen LogP contribution in [0.3, 0.4) is 0 Å². The molecule has 14 heteroatoms. The smallest absolute Gasteiger partial charge is 0.416 e. The number of hydrogen-bond donors (Lipinski definition) is 3. The number of alkyl halides is 3. The van der Waals surface area contributed by atoms with Crippen LogP contribution in [0.5, 0.6) is 0 Å². The summed E-state index contributed by atoms with van der Waals surface area (Å²) in [5, 5.41) is 12.1. The molecule has 1 heterocycles. The second kappa shape index (κ2) is 18.7. The summed E-state index contributed by atoms with van der Waals surface area (Å²) in [6, 6.07) is 12.7. The number of hydrogen-bond acceptors (Lipinski definition) is 8. The van der Waals surface area contributed by atoms with Gasteiger partial charge in [0, 0.05) is 13.3 Å². The van der Waals surface area contributed by atoms with E-state index in [4.69, 9.17) is 14.6 Å². The molecule has 264 valence electrons. The van der Waals surface area contributed by atoms with Crippen molar-refractivity contribution >= 4 is 24.1 Å². The summed E-state index contributed by atoms with van der Waals surface area (Å²) in [5.41, 5.74) is -1.21. The third-order valence-corrected chi connectivity index (χ3v) is 6.34. The average Bonchev–Trinajstić information content (AvgIpc) is 3.42. The minimum atomic E-state index is -4.49. The molecule has 3 rings (SSSR count). The molecule has 48 heavy (non-hydrogen) atoms. The Morgan fingerprint density at radius 3 is 2.06 bits per heavy atom. The largest absolute Gasteiger partial charge is 0.444 e. The van der Waals surface area contributed by atoms with Gasteiger partial charge >= 0.3 is 12.3 Å². The number of benzene rings is 2. The summed E-state index contributed by atoms with van der Waals surface area (Å²) >= 11 is 0. The van der Waals surface area contributed by atoms with Crippen molar-refractivity contribution in [3.05, 3.63) is 89.5 Å². The molecule has 3 aromatic rings. The number of nitrogens with one attached hydrogen (secondary N) is 2. The molecule has 3 N–H and O–H groups in total. The molecule has 0 aliphatic heterocycles. The Bertz CT molecular complexity index is 1470. The number of aldehydes is 1. The van der Waals surface area contributed by atoms with Gasteiger partial charge in [0.05, 0.1) is 30.8 Å². The van der Waals surface area contributed by atoms with Crippen molar-refractivity contribution in [3.63, 3.8) is 0 Å². The maximum atomic E-state index is 12.9. The number of ketones is 1. The van der Waals surface area contributed by atoms with E-state index in [9.17, 15) is 32.3 Å². The number of carbonyl (C=O) groups excluding carboxylic acids is 4. The zero-order valence-corrected chi connectivity index (χ0v) is 28.4. The first kappa shape index (κ1) is 41.5. The molecular formula is C34H45F3N4O7. The fourth-order valence-electron chi connectivity index (χ4n) is 3.99. The molecule has 2 aromatic carbocycles. The number of aliphatic hydroxyl groups is 1. The van der Waals surface area contributed by atoms with Gasteiger partial charge in [-0.15, -0.1) is 0 Å². The third kappa shape index (κ3) is 14.1. The van der Waals surface area contributed by atoms with E-state index in [1.165, 1.54) is 56.1 Å². The number of rotatable bonds is 11. The standard InChI is InChI=1S/C20H30N2O5.C13H11F3N2O.CH4O/c1-14(23)16(13-26-12-15-10-8-7-9-11-15)21-17(24)20(5,6)22-18(25)27-19(2,3)4;1-9-6-18(8-17-9)12(7-19)10-4-2-3-5-11(10)13(14,15)16;1-2/h7-11,16H,12-13H2,1-6H3,(H,21,24)(H,22,25);2-8,12H,1H3;2H,1H3. The van der Waals surface area contributed by atoms with E-state index in [2.05, 4.69) is 15.6 Å². The Labute approximate surface area is 278 Å². The van der Waals surface area contributed by atoms with Crippen molar-refractivity contribution < 1.29 is 46.9 Å². The fraction of sp³-hybridized carbons (Fsp3) is 0.441. The van der Waals surface area contributed by atoms with Gasteiger partial charge in [-0.25, -0.2) is 9.78 Å². The van der Waals surface area contributed by atoms with Crippen LogP contribution >= 0.6 is 0 Å². The van der Waals surface area contributed by atoms with Crippen molar-refractivity contribution in [3.8, 4) is 0 Å². The van der Waals surface area contributed by atoms with E-state index >= 15 is 0 Å². The number of aliphatic hydroxyl groups excluding tert-OH is 1. The molecule has 0 saturated heterocycles. The predicted octanol–water partition coefficient (Wildman–Crippen LogP) is 5.19. The number of halogens is 3. The molecule has 0 aliphatic carbocycles. The zero-order valence-electron chi connectivity index (χ0n) is 28.4. The van der Waals surface area contributed by atoms with E-state index in [-0.39, 0.29) is 18.0 Å². The maximum absolute atomic E-state index is 12.9. The number of imidazole rings is 1. The Hall–Kier alpha value is -4.56. The van der Waals surface area contributed by atoms with Gasteiger partial charge in [0.2, 0.25) is 5.91 Å². The topological polar surface area (TPSA) is 149 Å². The van der Waals surface area contributed by atoms with Crippen molar-refractivity contribution in [2.24, 2.45) is 0 Å². The SMILES string of the molecule is CC(=O)C(COCc1ccccc1)NC(=O)C(C)(C)NC(=O)OC(C)(C)C.CO.Cc1cn(C(C=O)c2ccccc2C(F)(F)F)cn1. The monoisotopic (exact) mass is 678 g/mol. The van der Waals surface area contributed by atoms with E-state index in [1.54, 1.807) is 27.7 Å². The highest BCUT2D eigenvalue weighted by molar-refractivity contribution is 5.93. The van der Waals surface area contributed by atoms with Crippen LogP contribution in [-0.4, -0.2) is 69.6 Å². The van der Waals surface area contributed by atoms with Gasteiger partial charge in [0.25, 0.3) is 0 Å². The molecule has 2 atom stereocenters. The molecule has 11 nitrogen and oxygen atoms in total. The minimum Gasteiger partial charge on any atom is -0.444 e. The molecule has 0 radical (unpaired) electrons. The van der Waals surface area contributed by atoms with Gasteiger partial charge in [-0.1, -0.05) is 48.5 Å². The van der Waals surface area contributed by atoms with E-state index in [1.807, 2.05) is 30.3 Å². The number of ether oxygens (including phenoxy) is 2. The average molecular weight is 679 g/mol. The normalized spacial score (nSPS) is 12.6. The summed E-state index contributed by atoms with van der Waals surface area (Å²) < 4.78 is 50.9. The Morgan fingerprint density at radius 2 is 1.56 bits per heavy atom. The molecule has 0 aliphatic rings. The molecule has 0 fully saturated rings. The number of aryl methyl sites for hydroxylation is 1.